The van der Waals surface area contributed by atoms with E-state index in [0.29, 0.717) is 22.2 Å². The zero-order valence-electron chi connectivity index (χ0n) is 17.9. The molecule has 2 aromatic heterocycles. The molecule has 0 aliphatic carbocycles. The van der Waals surface area contributed by atoms with Crippen LogP contribution in [0.25, 0.3) is 11.0 Å². The number of aromatic nitrogens is 3. The third-order valence-corrected chi connectivity index (χ3v) is 5.16. The van der Waals surface area contributed by atoms with Gasteiger partial charge in [-0.15, -0.1) is 0 Å². The number of halogens is 2. The maximum atomic E-state index is 13.6. The highest BCUT2D eigenvalue weighted by molar-refractivity contribution is 5.89. The van der Waals surface area contributed by atoms with Crippen molar-refractivity contribution >= 4 is 23.0 Å². The zero-order chi connectivity index (χ0) is 23.5. The summed E-state index contributed by atoms with van der Waals surface area (Å²) in [4.78, 5) is 32.9. The van der Waals surface area contributed by atoms with E-state index in [0.717, 1.165) is 11.6 Å². The van der Waals surface area contributed by atoms with Crippen molar-refractivity contribution in [1.29, 1.82) is 0 Å². The first-order valence-corrected chi connectivity index (χ1v) is 10.1. The van der Waals surface area contributed by atoms with Gasteiger partial charge in [0, 0.05) is 23.7 Å². The molecule has 0 spiro atoms. The third kappa shape index (κ3) is 4.87. The van der Waals surface area contributed by atoms with Gasteiger partial charge in [0.25, 0.3) is 5.56 Å². The van der Waals surface area contributed by atoms with Crippen molar-refractivity contribution in [2.75, 3.05) is 12.4 Å². The second-order valence-corrected chi connectivity index (χ2v) is 7.49. The first kappa shape index (κ1) is 22.1. The number of carbonyl (C=O) groups is 1. The normalized spacial score (nSPS) is 11.9. The van der Waals surface area contributed by atoms with E-state index in [1.165, 1.54) is 29.9 Å². The van der Waals surface area contributed by atoms with Crippen LogP contribution in [0, 0.1) is 11.6 Å². The lowest BCUT2D eigenvalue weighted by molar-refractivity contribution is 0.0600. The Bertz CT molecular complexity index is 1370. The van der Waals surface area contributed by atoms with Crippen LogP contribution < -0.4 is 10.9 Å². The maximum absolute atomic E-state index is 13.6. The number of nitrogens with zero attached hydrogens (tertiary/aromatic N) is 3. The van der Waals surface area contributed by atoms with Gasteiger partial charge in [-0.1, -0.05) is 12.1 Å². The van der Waals surface area contributed by atoms with Gasteiger partial charge in [0.2, 0.25) is 5.95 Å². The van der Waals surface area contributed by atoms with Crippen LogP contribution in [0.3, 0.4) is 0 Å². The van der Waals surface area contributed by atoms with Crippen LogP contribution in [0.2, 0.25) is 0 Å². The summed E-state index contributed by atoms with van der Waals surface area (Å²) in [7, 11) is 1.32. The van der Waals surface area contributed by atoms with Crippen LogP contribution in [0.15, 0.2) is 65.6 Å². The molecule has 4 aromatic rings. The Balaban J connectivity index is 1.63. The second-order valence-electron chi connectivity index (χ2n) is 7.49. The molecule has 0 bridgehead atoms. The van der Waals surface area contributed by atoms with Gasteiger partial charge in [-0.25, -0.2) is 18.6 Å². The molecule has 4 rings (SSSR count). The largest absolute Gasteiger partial charge is 0.465 e. The lowest BCUT2D eigenvalue weighted by Gasteiger charge is -2.16. The molecule has 1 N–H and O–H groups in total. The fourth-order valence-corrected chi connectivity index (χ4v) is 3.48. The summed E-state index contributed by atoms with van der Waals surface area (Å²) in [6.07, 6.45) is 1.57. The molecule has 1 unspecified atom stereocenters. The first-order chi connectivity index (χ1) is 15.8. The van der Waals surface area contributed by atoms with Crippen molar-refractivity contribution in [3.8, 4) is 0 Å². The van der Waals surface area contributed by atoms with E-state index in [2.05, 4.69) is 15.3 Å². The number of anilines is 1. The molecular formula is C24H20F2N4O3. The smallest absolute Gasteiger partial charge is 0.337 e. The Hall–Kier alpha value is -4.14. The number of benzene rings is 2. The highest BCUT2D eigenvalue weighted by Crippen LogP contribution is 2.20. The number of rotatable bonds is 6. The van der Waals surface area contributed by atoms with Crippen LogP contribution in [0.4, 0.5) is 14.7 Å². The van der Waals surface area contributed by atoms with Gasteiger partial charge in [0.1, 0.15) is 17.3 Å². The minimum Gasteiger partial charge on any atom is -0.465 e. The average molecular weight is 450 g/mol. The monoisotopic (exact) mass is 450 g/mol. The summed E-state index contributed by atoms with van der Waals surface area (Å²) < 4.78 is 33.3. The number of esters is 1. The zero-order valence-corrected chi connectivity index (χ0v) is 17.9. The highest BCUT2D eigenvalue weighted by atomic mass is 19.1. The fourth-order valence-electron chi connectivity index (χ4n) is 3.48. The van der Waals surface area contributed by atoms with Crippen molar-refractivity contribution in [1.82, 2.24) is 14.5 Å². The topological polar surface area (TPSA) is 86.1 Å². The number of pyridine rings is 1. The van der Waals surface area contributed by atoms with E-state index >= 15 is 0 Å². The van der Waals surface area contributed by atoms with E-state index in [4.69, 9.17) is 4.74 Å². The summed E-state index contributed by atoms with van der Waals surface area (Å²) >= 11 is 0. The molecule has 1 atom stereocenters. The lowest BCUT2D eigenvalue weighted by Crippen LogP contribution is -2.21. The molecule has 33 heavy (non-hydrogen) atoms. The van der Waals surface area contributed by atoms with E-state index < -0.39 is 17.6 Å². The van der Waals surface area contributed by atoms with Crippen LogP contribution in [-0.4, -0.2) is 27.6 Å². The predicted molar refractivity (Wildman–Crippen MR) is 119 cm³/mol. The van der Waals surface area contributed by atoms with Crippen LogP contribution >= 0.6 is 0 Å². The molecule has 0 saturated heterocycles. The van der Waals surface area contributed by atoms with Crippen molar-refractivity contribution in [2.45, 2.75) is 19.5 Å². The van der Waals surface area contributed by atoms with Crippen LogP contribution in [0.5, 0.6) is 0 Å². The quantitative estimate of drug-likeness (QED) is 0.446. The van der Waals surface area contributed by atoms with Crippen molar-refractivity contribution in [3.05, 3.63) is 99.5 Å². The summed E-state index contributed by atoms with van der Waals surface area (Å²) in [5.74, 6) is -1.59. The van der Waals surface area contributed by atoms with Crippen molar-refractivity contribution in [3.63, 3.8) is 0 Å². The average Bonchev–Trinajstić information content (AvgIpc) is 2.80. The lowest BCUT2D eigenvalue weighted by atomic mass is 10.1. The number of nitrogens with one attached hydrogen (secondary N) is 1. The van der Waals surface area contributed by atoms with Gasteiger partial charge in [0.05, 0.1) is 25.3 Å². The van der Waals surface area contributed by atoms with Crippen molar-refractivity contribution in [2.24, 2.45) is 0 Å². The SMILES string of the molecule is COC(=O)c1ccc(C(C)Nc2ncc3ccc(=O)n(Cc4cc(F)cc(F)c4)c3n2)cc1. The van der Waals surface area contributed by atoms with E-state index in [1.807, 2.05) is 6.92 Å². The Kier molecular flexibility index (Phi) is 6.12. The van der Waals surface area contributed by atoms with Crippen molar-refractivity contribution < 1.29 is 18.3 Å². The number of hydrogen-bond donors (Lipinski definition) is 1. The third-order valence-electron chi connectivity index (χ3n) is 5.16. The van der Waals surface area contributed by atoms with Crippen LogP contribution in [-0.2, 0) is 11.3 Å². The van der Waals surface area contributed by atoms with Gasteiger partial charge < -0.3 is 10.1 Å². The van der Waals surface area contributed by atoms with Gasteiger partial charge in [-0.2, -0.15) is 4.98 Å². The van der Waals surface area contributed by atoms with E-state index in [9.17, 15) is 18.4 Å². The summed E-state index contributed by atoms with van der Waals surface area (Å²) in [6, 6.07) is 12.8. The van der Waals surface area contributed by atoms with Crippen LogP contribution in [0.1, 0.15) is 34.5 Å². The molecule has 2 heterocycles. The maximum Gasteiger partial charge on any atom is 0.337 e. The molecule has 0 radical (unpaired) electrons. The Labute approximate surface area is 187 Å². The molecule has 0 saturated carbocycles. The van der Waals surface area contributed by atoms with E-state index in [-0.39, 0.29) is 24.1 Å². The second kappa shape index (κ2) is 9.15. The first-order valence-electron chi connectivity index (χ1n) is 10.1. The number of carbonyl (C=O) groups excluding carboxylic acids is 1. The standard InChI is InChI=1S/C24H20F2N4O3/c1-14(16-3-5-17(6-4-16)23(32)33-2)28-24-27-12-18-7-8-21(31)30(22(18)29-24)13-15-9-19(25)11-20(26)10-15/h3-12,14H,13H2,1-2H3,(H,27,28,29). The fraction of sp³-hybridized carbons (Fsp3) is 0.167. The molecule has 0 aliphatic heterocycles. The predicted octanol–water partition coefficient (Wildman–Crippen LogP) is 4.08. The molecule has 168 valence electrons. The Morgan fingerprint density at radius 2 is 1.79 bits per heavy atom. The molecule has 7 nitrogen and oxygen atoms in total. The molecule has 0 aliphatic rings. The minimum atomic E-state index is -0.720. The Morgan fingerprint density at radius 3 is 2.45 bits per heavy atom. The molecular weight excluding hydrogens is 430 g/mol. The van der Waals surface area contributed by atoms with Gasteiger partial charge in [-0.05, 0) is 48.4 Å². The molecule has 0 fully saturated rings. The number of methoxy groups -OCH3 is 1. The summed E-state index contributed by atoms with van der Waals surface area (Å²) in [6.45, 7) is 1.85. The molecule has 2 aromatic carbocycles. The highest BCUT2D eigenvalue weighted by Gasteiger charge is 2.13. The number of ether oxygens (including phenoxy) is 1. The molecule has 0 amide bonds. The minimum absolute atomic E-state index is 0.0498. The van der Waals surface area contributed by atoms with Gasteiger partial charge in [0.15, 0.2) is 0 Å². The Morgan fingerprint density at radius 1 is 1.09 bits per heavy atom. The molecule has 9 heteroatoms. The summed E-state index contributed by atoms with van der Waals surface area (Å²) in [5, 5.41) is 3.77. The summed E-state index contributed by atoms with van der Waals surface area (Å²) in [5.41, 5.74) is 1.59. The number of fused-ring (bicyclic) bond motifs is 1. The number of hydrogen-bond acceptors (Lipinski definition) is 6. The van der Waals surface area contributed by atoms with Gasteiger partial charge >= 0.3 is 5.97 Å². The van der Waals surface area contributed by atoms with E-state index in [1.54, 1.807) is 36.5 Å². The van der Waals surface area contributed by atoms with Gasteiger partial charge in [-0.3, -0.25) is 9.36 Å².